The van der Waals surface area contributed by atoms with Crippen molar-refractivity contribution in [1.29, 1.82) is 0 Å². The molecule has 2 heterocycles. The smallest absolute Gasteiger partial charge is 0.376 e. The number of hydrogen-bond donors (Lipinski definition) is 1. The predicted molar refractivity (Wildman–Crippen MR) is 85.7 cm³/mol. The number of aryl methyl sites for hydroxylation is 1. The quantitative estimate of drug-likeness (QED) is 0.809. The van der Waals surface area contributed by atoms with Gasteiger partial charge in [-0.3, -0.25) is 9.40 Å². The topological polar surface area (TPSA) is 73.2 Å². The average Bonchev–Trinajstić information content (AvgIpc) is 2.84. The zero-order chi connectivity index (χ0) is 18.2. The van der Waals surface area contributed by atoms with E-state index in [0.29, 0.717) is 24.3 Å². The van der Waals surface area contributed by atoms with Crippen LogP contribution < -0.4 is 4.72 Å². The minimum Gasteiger partial charge on any atom is -0.376 e. The van der Waals surface area contributed by atoms with Crippen LogP contribution in [0, 0.1) is 0 Å². The fourth-order valence-corrected chi connectivity index (χ4v) is 4.53. The number of ether oxygens (including phenoxy) is 1. The molecule has 1 aliphatic heterocycles. The monoisotopic (exact) mass is 393 g/mol. The lowest BCUT2D eigenvalue weighted by Crippen LogP contribution is -2.19. The number of thioether (sulfide) groups is 1. The van der Waals surface area contributed by atoms with Crippen molar-refractivity contribution in [2.75, 3.05) is 11.3 Å². The van der Waals surface area contributed by atoms with Gasteiger partial charge in [-0.25, -0.2) is 0 Å². The molecule has 0 spiro atoms. The first-order chi connectivity index (χ1) is 11.7. The first-order valence-corrected chi connectivity index (χ1v) is 9.47. The van der Waals surface area contributed by atoms with Crippen molar-refractivity contribution in [3.63, 3.8) is 0 Å². The summed E-state index contributed by atoms with van der Waals surface area (Å²) in [5.74, 6) is 0. The van der Waals surface area contributed by atoms with Gasteiger partial charge in [-0.2, -0.15) is 26.7 Å². The van der Waals surface area contributed by atoms with E-state index in [4.69, 9.17) is 4.74 Å². The van der Waals surface area contributed by atoms with Crippen LogP contribution in [0.25, 0.3) is 0 Å². The van der Waals surface area contributed by atoms with Gasteiger partial charge in [0, 0.05) is 29.6 Å². The first-order valence-electron chi connectivity index (χ1n) is 7.17. The molecule has 0 atom stereocenters. The maximum atomic E-state index is 12.7. The average molecular weight is 393 g/mol. The van der Waals surface area contributed by atoms with Crippen molar-refractivity contribution in [3.8, 4) is 0 Å². The minimum atomic E-state index is -4.39. The molecule has 0 bridgehead atoms. The van der Waals surface area contributed by atoms with E-state index in [1.54, 1.807) is 0 Å². The van der Waals surface area contributed by atoms with Crippen molar-refractivity contribution in [2.24, 2.45) is 7.05 Å². The Morgan fingerprint density at radius 3 is 2.60 bits per heavy atom. The van der Waals surface area contributed by atoms with Gasteiger partial charge in [0.15, 0.2) is 5.03 Å². The van der Waals surface area contributed by atoms with Crippen LogP contribution in [0.5, 0.6) is 0 Å². The summed E-state index contributed by atoms with van der Waals surface area (Å²) >= 11 is -0.262. The molecule has 136 valence electrons. The summed E-state index contributed by atoms with van der Waals surface area (Å²) in [6.07, 6.45) is 0.530. The standard InChI is InChI=1S/C14H14F3N3O3S2/c1-20-13(11-8-23-7-6-12(11)18-20)25(21,22)19-9-2-4-10(5-3-9)24-14(15,16)17/h2-5,19H,6-8H2,1H3. The van der Waals surface area contributed by atoms with Gasteiger partial charge in [0.25, 0.3) is 10.0 Å². The molecule has 1 aromatic heterocycles. The van der Waals surface area contributed by atoms with Gasteiger partial charge in [0.2, 0.25) is 0 Å². The molecule has 2 aromatic rings. The number of nitrogens with zero attached hydrogens (tertiary/aromatic N) is 2. The van der Waals surface area contributed by atoms with Gasteiger partial charge < -0.3 is 4.74 Å². The lowest BCUT2D eigenvalue weighted by atomic mass is 10.2. The van der Waals surface area contributed by atoms with Crippen LogP contribution in [0.4, 0.5) is 18.9 Å². The number of hydrogen-bond acceptors (Lipinski definition) is 5. The largest absolute Gasteiger partial charge is 0.446 e. The van der Waals surface area contributed by atoms with Crippen LogP contribution in [0.2, 0.25) is 0 Å². The number of sulfonamides is 1. The molecule has 25 heavy (non-hydrogen) atoms. The van der Waals surface area contributed by atoms with Crippen molar-refractivity contribution in [1.82, 2.24) is 9.78 Å². The van der Waals surface area contributed by atoms with Crippen LogP contribution in [0.15, 0.2) is 34.2 Å². The zero-order valence-corrected chi connectivity index (χ0v) is 14.6. The van der Waals surface area contributed by atoms with Crippen molar-refractivity contribution < 1.29 is 26.3 Å². The van der Waals surface area contributed by atoms with Gasteiger partial charge in [0.05, 0.1) is 18.9 Å². The molecule has 1 aromatic carbocycles. The third-order valence-corrected chi connectivity index (χ3v) is 5.76. The summed E-state index contributed by atoms with van der Waals surface area (Å²) in [5, 5.41) is 4.20. The Hall–Kier alpha value is -1.72. The van der Waals surface area contributed by atoms with E-state index in [-0.39, 0.29) is 34.0 Å². The van der Waals surface area contributed by atoms with E-state index < -0.39 is 15.5 Å². The normalized spacial score (nSPS) is 15.0. The summed E-state index contributed by atoms with van der Waals surface area (Å²) in [6.45, 7) is 0.635. The van der Waals surface area contributed by atoms with Crippen molar-refractivity contribution in [2.45, 2.75) is 28.5 Å². The first kappa shape index (κ1) is 18.1. The number of rotatable bonds is 4. The summed E-state index contributed by atoms with van der Waals surface area (Å²) in [7, 11) is -2.42. The fourth-order valence-electron chi connectivity index (χ4n) is 2.56. The Morgan fingerprint density at radius 1 is 1.28 bits per heavy atom. The van der Waals surface area contributed by atoms with Gasteiger partial charge in [-0.05, 0) is 36.0 Å². The van der Waals surface area contributed by atoms with Crippen LogP contribution in [-0.4, -0.2) is 30.3 Å². The third kappa shape index (κ3) is 4.10. The number of nitrogens with one attached hydrogen (secondary N) is 1. The molecule has 0 saturated carbocycles. The maximum absolute atomic E-state index is 12.7. The van der Waals surface area contributed by atoms with Crippen molar-refractivity contribution in [3.05, 3.63) is 35.5 Å². The molecule has 1 N–H and O–H groups in total. The molecule has 0 saturated heterocycles. The maximum Gasteiger partial charge on any atom is 0.446 e. The fraction of sp³-hybridized carbons (Fsp3) is 0.357. The number of alkyl halides is 3. The number of aromatic nitrogens is 2. The van der Waals surface area contributed by atoms with E-state index in [2.05, 4.69) is 9.82 Å². The molecule has 11 heteroatoms. The van der Waals surface area contributed by atoms with Gasteiger partial charge in [-0.1, -0.05) is 0 Å². The Bertz CT molecular complexity index is 877. The third-order valence-electron chi connectivity index (χ3n) is 3.50. The van der Waals surface area contributed by atoms with Crippen LogP contribution in [0.3, 0.4) is 0 Å². The molecule has 0 fully saturated rings. The van der Waals surface area contributed by atoms with Gasteiger partial charge >= 0.3 is 5.51 Å². The summed E-state index contributed by atoms with van der Waals surface area (Å²) in [5.41, 5.74) is -3.05. The molecule has 1 aliphatic rings. The Morgan fingerprint density at radius 2 is 1.96 bits per heavy atom. The number of anilines is 1. The zero-order valence-electron chi connectivity index (χ0n) is 13.0. The molecule has 0 unspecified atom stereocenters. The van der Waals surface area contributed by atoms with Gasteiger partial charge in [0.1, 0.15) is 0 Å². The molecule has 0 amide bonds. The number of fused-ring (bicyclic) bond motifs is 1. The van der Waals surface area contributed by atoms with Crippen LogP contribution >= 0.6 is 11.8 Å². The molecule has 0 aliphatic carbocycles. The second-order valence-electron chi connectivity index (χ2n) is 5.33. The summed E-state index contributed by atoms with van der Waals surface area (Å²) in [4.78, 5) is -0.0261. The second kappa shape index (κ2) is 6.54. The highest BCUT2D eigenvalue weighted by Crippen LogP contribution is 2.37. The highest BCUT2D eigenvalue weighted by molar-refractivity contribution is 8.00. The van der Waals surface area contributed by atoms with Crippen molar-refractivity contribution >= 4 is 27.5 Å². The molecular formula is C14H14F3N3O3S2. The molecule has 0 radical (unpaired) electrons. The molecular weight excluding hydrogens is 379 g/mol. The lowest BCUT2D eigenvalue weighted by molar-refractivity contribution is -0.0328. The predicted octanol–water partition coefficient (Wildman–Crippen LogP) is 2.91. The summed E-state index contributed by atoms with van der Waals surface area (Å²) in [6, 6.07) is 4.98. The van der Waals surface area contributed by atoms with Crippen LogP contribution in [0.1, 0.15) is 11.3 Å². The van der Waals surface area contributed by atoms with E-state index in [1.807, 2.05) is 0 Å². The second-order valence-corrected chi connectivity index (χ2v) is 8.07. The lowest BCUT2D eigenvalue weighted by Gasteiger charge is -2.14. The van der Waals surface area contributed by atoms with Crippen LogP contribution in [-0.2, 0) is 34.8 Å². The SMILES string of the molecule is Cn1nc2c(c1S(=O)(=O)Nc1ccc(SC(F)(F)F)cc1)COCC2. The van der Waals surface area contributed by atoms with E-state index in [0.717, 1.165) is 0 Å². The van der Waals surface area contributed by atoms with E-state index in [1.165, 1.54) is 36.0 Å². The highest BCUT2D eigenvalue weighted by atomic mass is 32.2. The Kier molecular flexibility index (Phi) is 4.73. The number of benzene rings is 1. The van der Waals surface area contributed by atoms with Gasteiger partial charge in [-0.15, -0.1) is 0 Å². The number of halogens is 3. The highest BCUT2D eigenvalue weighted by Gasteiger charge is 2.30. The van der Waals surface area contributed by atoms with E-state index in [9.17, 15) is 21.6 Å². The minimum absolute atomic E-state index is 0.00376. The molecule has 3 rings (SSSR count). The Labute approximate surface area is 146 Å². The molecule has 6 nitrogen and oxygen atoms in total. The Balaban J connectivity index is 1.84. The summed E-state index contributed by atoms with van der Waals surface area (Å²) < 4.78 is 71.3. The van der Waals surface area contributed by atoms with E-state index >= 15 is 0 Å².